The van der Waals surface area contributed by atoms with Gasteiger partial charge in [-0.15, -0.1) is 0 Å². The second kappa shape index (κ2) is 9.15. The van der Waals surface area contributed by atoms with Crippen molar-refractivity contribution in [3.05, 3.63) is 46.1 Å². The molecule has 0 spiro atoms. The highest BCUT2D eigenvalue weighted by molar-refractivity contribution is 6.30. The molecule has 0 radical (unpaired) electrons. The minimum Gasteiger partial charge on any atom is -0.389 e. The average Bonchev–Trinajstić information content (AvgIpc) is 3.09. The Morgan fingerprint density at radius 3 is 2.66 bits per heavy atom. The Morgan fingerprint density at radius 1 is 1.34 bits per heavy atom. The summed E-state index contributed by atoms with van der Waals surface area (Å²) in [5.41, 5.74) is 9.05. The fourth-order valence-electron chi connectivity index (χ4n) is 4.00. The van der Waals surface area contributed by atoms with E-state index in [-0.39, 0.29) is 18.1 Å². The number of amidine groups is 1. The second-order valence-electron chi connectivity index (χ2n) is 7.71. The number of halogens is 1. The molecule has 29 heavy (non-hydrogen) atoms. The molecular formula is C21H30ClN5O2. The van der Waals surface area contributed by atoms with Crippen LogP contribution in [-0.4, -0.2) is 73.0 Å². The number of ether oxygens (including phenoxy) is 1. The lowest BCUT2D eigenvalue weighted by Crippen LogP contribution is -2.58. The predicted octanol–water partition coefficient (Wildman–Crippen LogP) is 1.61. The third kappa shape index (κ3) is 4.74. The molecule has 2 aliphatic rings. The van der Waals surface area contributed by atoms with Gasteiger partial charge in [0.25, 0.3) is 0 Å². The van der Waals surface area contributed by atoms with E-state index in [4.69, 9.17) is 27.5 Å². The van der Waals surface area contributed by atoms with E-state index < -0.39 is 6.04 Å². The SMILES string of the molecule is CNC1=C(C(=N)N2CCN(C(=O)[C@H](N)Cc3ccc(Cl)cc3)C[C@@H]2C)C(C)OC1. The van der Waals surface area contributed by atoms with E-state index in [9.17, 15) is 4.79 Å². The van der Waals surface area contributed by atoms with Crippen molar-refractivity contribution in [2.45, 2.75) is 38.5 Å². The summed E-state index contributed by atoms with van der Waals surface area (Å²) in [4.78, 5) is 16.7. The summed E-state index contributed by atoms with van der Waals surface area (Å²) >= 11 is 5.92. The van der Waals surface area contributed by atoms with Crippen LogP contribution < -0.4 is 11.1 Å². The molecule has 7 nitrogen and oxygen atoms in total. The van der Waals surface area contributed by atoms with Crippen molar-refractivity contribution in [2.24, 2.45) is 5.73 Å². The molecule has 1 unspecified atom stereocenters. The maximum Gasteiger partial charge on any atom is 0.239 e. The minimum absolute atomic E-state index is 0.0290. The van der Waals surface area contributed by atoms with Crippen LogP contribution in [0.15, 0.2) is 35.5 Å². The third-order valence-electron chi connectivity index (χ3n) is 5.68. The van der Waals surface area contributed by atoms with Gasteiger partial charge in [-0.05, 0) is 38.0 Å². The number of piperazine rings is 1. The number of likely N-dealkylation sites (N-methyl/N-ethyl adjacent to an activating group) is 1. The van der Waals surface area contributed by atoms with Crippen molar-refractivity contribution in [3.63, 3.8) is 0 Å². The van der Waals surface area contributed by atoms with Gasteiger partial charge in [-0.2, -0.15) is 0 Å². The summed E-state index contributed by atoms with van der Waals surface area (Å²) in [5.74, 6) is 0.426. The van der Waals surface area contributed by atoms with Crippen LogP contribution in [-0.2, 0) is 16.0 Å². The fourth-order valence-corrected chi connectivity index (χ4v) is 4.12. The topological polar surface area (TPSA) is 94.7 Å². The van der Waals surface area contributed by atoms with Gasteiger partial charge in [-0.25, -0.2) is 0 Å². The lowest BCUT2D eigenvalue weighted by atomic mass is 10.0. The summed E-state index contributed by atoms with van der Waals surface area (Å²) in [6.07, 6.45) is 0.373. The van der Waals surface area contributed by atoms with Gasteiger partial charge in [0.1, 0.15) is 5.84 Å². The van der Waals surface area contributed by atoms with Crippen molar-refractivity contribution in [2.75, 3.05) is 33.3 Å². The molecule has 3 rings (SSSR count). The molecule has 0 aliphatic carbocycles. The first-order chi connectivity index (χ1) is 13.8. The minimum atomic E-state index is -0.587. The molecule has 4 N–H and O–H groups in total. The number of hydrogen-bond donors (Lipinski definition) is 3. The predicted molar refractivity (Wildman–Crippen MR) is 115 cm³/mol. The molecule has 0 bridgehead atoms. The molecule has 0 aromatic heterocycles. The molecule has 1 fully saturated rings. The zero-order valence-electron chi connectivity index (χ0n) is 17.2. The maximum absolute atomic E-state index is 12.9. The Labute approximate surface area is 177 Å². The fraction of sp³-hybridized carbons (Fsp3) is 0.524. The molecule has 3 atom stereocenters. The van der Waals surface area contributed by atoms with Crippen LogP contribution in [0.1, 0.15) is 19.4 Å². The van der Waals surface area contributed by atoms with Gasteiger partial charge in [0.2, 0.25) is 5.91 Å². The summed E-state index contributed by atoms with van der Waals surface area (Å²) < 4.78 is 5.68. The van der Waals surface area contributed by atoms with E-state index in [2.05, 4.69) is 5.32 Å². The number of nitrogens with one attached hydrogen (secondary N) is 2. The molecule has 1 saturated heterocycles. The van der Waals surface area contributed by atoms with Crippen molar-refractivity contribution in [1.82, 2.24) is 15.1 Å². The van der Waals surface area contributed by atoms with Crippen LogP contribution in [0, 0.1) is 5.41 Å². The Bertz CT molecular complexity index is 795. The molecule has 1 aromatic carbocycles. The van der Waals surface area contributed by atoms with E-state index in [0.717, 1.165) is 16.8 Å². The first-order valence-electron chi connectivity index (χ1n) is 9.98. The summed E-state index contributed by atoms with van der Waals surface area (Å²) in [6, 6.07) is 6.85. The molecule has 2 heterocycles. The number of nitrogens with two attached hydrogens (primary N) is 1. The van der Waals surface area contributed by atoms with E-state index in [0.29, 0.717) is 43.5 Å². The number of hydrogen-bond acceptors (Lipinski definition) is 5. The molecule has 2 aliphatic heterocycles. The number of benzene rings is 1. The van der Waals surface area contributed by atoms with Crippen LogP contribution in [0.2, 0.25) is 5.02 Å². The zero-order chi connectivity index (χ0) is 21.1. The van der Waals surface area contributed by atoms with Crippen LogP contribution >= 0.6 is 11.6 Å². The zero-order valence-corrected chi connectivity index (χ0v) is 18.0. The molecular weight excluding hydrogens is 390 g/mol. The lowest BCUT2D eigenvalue weighted by Gasteiger charge is -2.42. The maximum atomic E-state index is 12.9. The van der Waals surface area contributed by atoms with Gasteiger partial charge in [-0.1, -0.05) is 23.7 Å². The summed E-state index contributed by atoms with van der Waals surface area (Å²) in [6.45, 7) is 6.21. The van der Waals surface area contributed by atoms with Gasteiger partial charge in [0.05, 0.1) is 18.8 Å². The number of rotatable bonds is 5. The van der Waals surface area contributed by atoms with E-state index in [1.54, 1.807) is 0 Å². The standard InChI is InChI=1S/C21H30ClN5O2/c1-13-11-26(21(28)17(23)10-15-4-6-16(22)7-5-15)8-9-27(13)20(24)19-14(2)29-12-18(19)25-3/h4-7,13-14,17,24-25H,8-12,23H2,1-3H3/t13-,14?,17+/m0/s1. The van der Waals surface area contributed by atoms with Gasteiger partial charge >= 0.3 is 0 Å². The molecule has 1 aromatic rings. The van der Waals surface area contributed by atoms with Crippen molar-refractivity contribution < 1.29 is 9.53 Å². The van der Waals surface area contributed by atoms with E-state index >= 15 is 0 Å². The Hall–Kier alpha value is -2.09. The van der Waals surface area contributed by atoms with Gasteiger partial charge in [-0.3, -0.25) is 10.2 Å². The summed E-state index contributed by atoms with van der Waals surface area (Å²) in [5, 5.41) is 12.5. The number of carbonyl (C=O) groups is 1. The Morgan fingerprint density at radius 2 is 2.03 bits per heavy atom. The highest BCUT2D eigenvalue weighted by Crippen LogP contribution is 2.24. The molecule has 0 saturated carbocycles. The van der Waals surface area contributed by atoms with Crippen LogP contribution in [0.3, 0.4) is 0 Å². The Kier molecular flexibility index (Phi) is 6.82. The smallest absolute Gasteiger partial charge is 0.239 e. The van der Waals surface area contributed by atoms with Crippen molar-refractivity contribution >= 4 is 23.3 Å². The van der Waals surface area contributed by atoms with Gasteiger partial charge in [0.15, 0.2) is 0 Å². The quantitative estimate of drug-likeness (QED) is 0.498. The normalized spacial score (nSPS) is 23.3. The van der Waals surface area contributed by atoms with Crippen LogP contribution in [0.5, 0.6) is 0 Å². The van der Waals surface area contributed by atoms with Crippen molar-refractivity contribution in [1.29, 1.82) is 5.41 Å². The van der Waals surface area contributed by atoms with Crippen molar-refractivity contribution in [3.8, 4) is 0 Å². The van der Waals surface area contributed by atoms with E-state index in [1.165, 1.54) is 0 Å². The summed E-state index contributed by atoms with van der Waals surface area (Å²) in [7, 11) is 1.85. The molecule has 158 valence electrons. The highest BCUT2D eigenvalue weighted by atomic mass is 35.5. The first-order valence-corrected chi connectivity index (χ1v) is 10.4. The highest BCUT2D eigenvalue weighted by Gasteiger charge is 2.35. The number of nitrogens with zero attached hydrogens (tertiary/aromatic N) is 2. The number of amides is 1. The molecule has 8 heteroatoms. The molecule has 1 amide bonds. The van der Waals surface area contributed by atoms with Gasteiger partial charge < -0.3 is 25.6 Å². The lowest BCUT2D eigenvalue weighted by molar-refractivity contribution is -0.134. The third-order valence-corrected chi connectivity index (χ3v) is 5.93. The Balaban J connectivity index is 1.61. The van der Waals surface area contributed by atoms with E-state index in [1.807, 2.05) is 55.0 Å². The monoisotopic (exact) mass is 419 g/mol. The number of carbonyl (C=O) groups excluding carboxylic acids is 1. The largest absolute Gasteiger partial charge is 0.389 e. The first kappa shape index (κ1) is 21.6. The second-order valence-corrected chi connectivity index (χ2v) is 8.14. The average molecular weight is 420 g/mol. The van der Waals surface area contributed by atoms with Crippen LogP contribution in [0.25, 0.3) is 0 Å². The van der Waals surface area contributed by atoms with Gasteiger partial charge in [0, 0.05) is 49.0 Å². The van der Waals surface area contributed by atoms with Crippen LogP contribution in [0.4, 0.5) is 0 Å².